The minimum Gasteiger partial charge on any atom is -0.409 e. The van der Waals surface area contributed by atoms with E-state index in [1.54, 1.807) is 0 Å². The Balaban J connectivity index is 1.69. The first-order chi connectivity index (χ1) is 9.53. The quantitative estimate of drug-likeness (QED) is 0.300. The molecule has 20 heavy (non-hydrogen) atoms. The lowest BCUT2D eigenvalue weighted by molar-refractivity contribution is 0.109. The zero-order valence-electron chi connectivity index (χ0n) is 12.9. The molecule has 0 aromatic heterocycles. The average molecular weight is 283 g/mol. The average Bonchev–Trinajstić information content (AvgIpc) is 3.17. The summed E-state index contributed by atoms with van der Waals surface area (Å²) in [6, 6.07) is 0. The highest BCUT2D eigenvalue weighted by Gasteiger charge is 2.44. The Morgan fingerprint density at radius 1 is 1.20 bits per heavy atom. The molecule has 0 amide bonds. The lowest BCUT2D eigenvalue weighted by atomic mass is 10.0. The van der Waals surface area contributed by atoms with Gasteiger partial charge in [0.25, 0.3) is 0 Å². The van der Waals surface area contributed by atoms with Crippen LogP contribution in [0, 0.1) is 5.41 Å². The van der Waals surface area contributed by atoms with Crippen LogP contribution < -0.4 is 5.73 Å². The zero-order chi connectivity index (χ0) is 14.6. The van der Waals surface area contributed by atoms with Crippen molar-refractivity contribution in [3.05, 3.63) is 0 Å². The van der Waals surface area contributed by atoms with E-state index in [1.807, 2.05) is 0 Å². The third-order valence-electron chi connectivity index (χ3n) is 4.53. The number of nitrogens with zero attached hydrogens (tertiary/aromatic N) is 4. The van der Waals surface area contributed by atoms with E-state index in [4.69, 9.17) is 10.9 Å². The SMILES string of the molecule is CN(C)CCN1CCN(CC2(CC(N)=NO)CC2)CC1. The van der Waals surface area contributed by atoms with Crippen LogP contribution in [-0.4, -0.2) is 85.7 Å². The molecule has 1 aliphatic heterocycles. The van der Waals surface area contributed by atoms with Crippen LogP contribution in [-0.2, 0) is 0 Å². The molecule has 6 heteroatoms. The summed E-state index contributed by atoms with van der Waals surface area (Å²) in [5.74, 6) is 0.382. The Kier molecular flexibility index (Phi) is 5.23. The Morgan fingerprint density at radius 3 is 2.30 bits per heavy atom. The molecule has 0 unspecified atom stereocenters. The second-order valence-electron chi connectivity index (χ2n) is 6.69. The molecule has 0 atom stereocenters. The number of amidine groups is 1. The van der Waals surface area contributed by atoms with Crippen LogP contribution in [0.3, 0.4) is 0 Å². The van der Waals surface area contributed by atoms with Crippen molar-refractivity contribution < 1.29 is 5.21 Å². The summed E-state index contributed by atoms with van der Waals surface area (Å²) in [6.45, 7) is 8.01. The predicted molar refractivity (Wildman–Crippen MR) is 81.1 cm³/mol. The highest BCUT2D eigenvalue weighted by molar-refractivity contribution is 5.80. The number of nitrogens with two attached hydrogens (primary N) is 1. The van der Waals surface area contributed by atoms with Crippen molar-refractivity contribution >= 4 is 5.84 Å². The molecule has 6 nitrogen and oxygen atoms in total. The first-order valence-electron chi connectivity index (χ1n) is 7.59. The summed E-state index contributed by atoms with van der Waals surface area (Å²) < 4.78 is 0. The van der Waals surface area contributed by atoms with E-state index >= 15 is 0 Å². The van der Waals surface area contributed by atoms with Crippen molar-refractivity contribution in [1.82, 2.24) is 14.7 Å². The maximum atomic E-state index is 8.71. The summed E-state index contributed by atoms with van der Waals surface area (Å²) in [5, 5.41) is 11.8. The van der Waals surface area contributed by atoms with Gasteiger partial charge in [-0.15, -0.1) is 0 Å². The van der Waals surface area contributed by atoms with Gasteiger partial charge < -0.3 is 20.7 Å². The van der Waals surface area contributed by atoms with Gasteiger partial charge in [-0.3, -0.25) is 4.90 Å². The second kappa shape index (κ2) is 6.74. The minimum atomic E-state index is 0.294. The topological polar surface area (TPSA) is 68.3 Å². The minimum absolute atomic E-state index is 0.294. The number of hydrogen-bond donors (Lipinski definition) is 2. The highest BCUT2D eigenvalue weighted by Crippen LogP contribution is 2.49. The number of hydrogen-bond acceptors (Lipinski definition) is 5. The van der Waals surface area contributed by atoms with Crippen molar-refractivity contribution in [2.75, 3.05) is 59.9 Å². The summed E-state index contributed by atoms with van der Waals surface area (Å²) in [7, 11) is 4.25. The van der Waals surface area contributed by atoms with Crippen molar-refractivity contribution in [2.45, 2.75) is 19.3 Å². The van der Waals surface area contributed by atoms with Gasteiger partial charge in [0.15, 0.2) is 0 Å². The molecule has 0 aromatic carbocycles. The van der Waals surface area contributed by atoms with Crippen molar-refractivity contribution in [3.8, 4) is 0 Å². The molecule has 1 heterocycles. The predicted octanol–water partition coefficient (Wildman–Crippen LogP) is 0.0823. The van der Waals surface area contributed by atoms with Crippen LogP contribution in [0.2, 0.25) is 0 Å². The van der Waals surface area contributed by atoms with Gasteiger partial charge in [0, 0.05) is 52.2 Å². The maximum Gasteiger partial charge on any atom is 0.139 e. The maximum absolute atomic E-state index is 8.71. The summed E-state index contributed by atoms with van der Waals surface area (Å²) >= 11 is 0. The monoisotopic (exact) mass is 283 g/mol. The Labute approximate surface area is 122 Å². The molecule has 0 bridgehead atoms. The van der Waals surface area contributed by atoms with Crippen LogP contribution in [0.1, 0.15) is 19.3 Å². The molecule has 0 aromatic rings. The van der Waals surface area contributed by atoms with E-state index in [2.05, 4.69) is 34.0 Å². The van der Waals surface area contributed by atoms with E-state index < -0.39 is 0 Å². The molecular weight excluding hydrogens is 254 g/mol. The molecule has 0 radical (unpaired) electrons. The first-order valence-corrected chi connectivity index (χ1v) is 7.59. The fourth-order valence-corrected chi connectivity index (χ4v) is 2.97. The van der Waals surface area contributed by atoms with Crippen LogP contribution >= 0.6 is 0 Å². The van der Waals surface area contributed by atoms with Gasteiger partial charge in [-0.2, -0.15) is 0 Å². The summed E-state index contributed by atoms with van der Waals surface area (Å²) in [5.41, 5.74) is 5.96. The molecule has 1 saturated carbocycles. The Bertz CT molecular complexity index is 332. The molecule has 3 N–H and O–H groups in total. The van der Waals surface area contributed by atoms with Gasteiger partial charge in [0.2, 0.25) is 0 Å². The molecular formula is C14H29N5O. The highest BCUT2D eigenvalue weighted by atomic mass is 16.4. The van der Waals surface area contributed by atoms with Gasteiger partial charge in [0.1, 0.15) is 5.84 Å². The fourth-order valence-electron chi connectivity index (χ4n) is 2.97. The van der Waals surface area contributed by atoms with Crippen molar-refractivity contribution in [2.24, 2.45) is 16.3 Å². The third-order valence-corrected chi connectivity index (χ3v) is 4.53. The van der Waals surface area contributed by atoms with Gasteiger partial charge in [0.05, 0.1) is 0 Å². The molecule has 2 fully saturated rings. The molecule has 2 aliphatic rings. The number of piperazine rings is 1. The van der Waals surface area contributed by atoms with Gasteiger partial charge in [-0.1, -0.05) is 5.16 Å². The third kappa shape index (κ3) is 4.61. The van der Waals surface area contributed by atoms with E-state index in [9.17, 15) is 0 Å². The first kappa shape index (κ1) is 15.5. The Morgan fingerprint density at radius 2 is 1.80 bits per heavy atom. The largest absolute Gasteiger partial charge is 0.409 e. The number of likely N-dealkylation sites (N-methyl/N-ethyl adjacent to an activating group) is 1. The lowest BCUT2D eigenvalue weighted by Crippen LogP contribution is -2.49. The van der Waals surface area contributed by atoms with Gasteiger partial charge >= 0.3 is 0 Å². The smallest absolute Gasteiger partial charge is 0.139 e. The van der Waals surface area contributed by atoms with Crippen LogP contribution in [0.5, 0.6) is 0 Å². The zero-order valence-corrected chi connectivity index (χ0v) is 12.9. The lowest BCUT2D eigenvalue weighted by Gasteiger charge is -2.37. The molecule has 116 valence electrons. The number of rotatable bonds is 7. The van der Waals surface area contributed by atoms with E-state index in [1.165, 1.54) is 12.8 Å². The van der Waals surface area contributed by atoms with Crippen molar-refractivity contribution in [1.29, 1.82) is 0 Å². The van der Waals surface area contributed by atoms with E-state index in [0.29, 0.717) is 11.3 Å². The van der Waals surface area contributed by atoms with Gasteiger partial charge in [-0.05, 0) is 32.4 Å². The molecule has 0 spiro atoms. The van der Waals surface area contributed by atoms with Gasteiger partial charge in [-0.25, -0.2) is 0 Å². The van der Waals surface area contributed by atoms with Crippen molar-refractivity contribution in [3.63, 3.8) is 0 Å². The van der Waals surface area contributed by atoms with Crippen LogP contribution in [0.25, 0.3) is 0 Å². The fraction of sp³-hybridized carbons (Fsp3) is 0.929. The normalized spacial score (nSPS) is 24.2. The van der Waals surface area contributed by atoms with Crippen LogP contribution in [0.15, 0.2) is 5.16 Å². The molecule has 2 rings (SSSR count). The molecule has 1 saturated heterocycles. The second-order valence-corrected chi connectivity index (χ2v) is 6.69. The summed E-state index contributed by atoms with van der Waals surface area (Å²) in [6.07, 6.45) is 3.17. The standard InChI is InChI=1S/C14H29N5O/c1-17(2)5-6-18-7-9-19(10-8-18)12-14(3-4-14)11-13(15)16-20/h20H,3-12H2,1-2H3,(H2,15,16). The van der Waals surface area contributed by atoms with E-state index in [-0.39, 0.29) is 0 Å². The van der Waals surface area contributed by atoms with Crippen LogP contribution in [0.4, 0.5) is 0 Å². The Hall–Kier alpha value is -0.850. The van der Waals surface area contributed by atoms with E-state index in [0.717, 1.165) is 52.2 Å². The summed E-state index contributed by atoms with van der Waals surface area (Å²) in [4.78, 5) is 7.33. The number of oxime groups is 1. The molecule has 1 aliphatic carbocycles.